The van der Waals surface area contributed by atoms with Crippen LogP contribution in [0.1, 0.15) is 60.0 Å². The number of hydrogen-bond donors (Lipinski definition) is 1. The minimum atomic E-state index is -4.90. The average molecular weight is 542 g/mol. The van der Waals surface area contributed by atoms with Gasteiger partial charge in [-0.1, -0.05) is 5.10 Å². The summed E-state index contributed by atoms with van der Waals surface area (Å²) in [7, 11) is 0. The van der Waals surface area contributed by atoms with Crippen LogP contribution in [0.15, 0.2) is 22.6 Å². The van der Waals surface area contributed by atoms with Crippen LogP contribution in [0.4, 0.5) is 38.3 Å². The minimum Gasteiger partial charge on any atom is -0.408 e. The second-order valence-electron chi connectivity index (χ2n) is 10.3. The third-order valence-corrected chi connectivity index (χ3v) is 7.80. The summed E-state index contributed by atoms with van der Waals surface area (Å²) in [5.74, 6) is 1.04. The van der Waals surface area contributed by atoms with Gasteiger partial charge in [0.15, 0.2) is 0 Å². The van der Waals surface area contributed by atoms with E-state index >= 15 is 0 Å². The molecule has 1 N–H and O–H groups in total. The number of benzene rings is 1. The first-order chi connectivity index (χ1) is 18.0. The van der Waals surface area contributed by atoms with Crippen LogP contribution in [0.5, 0.6) is 0 Å². The molecule has 3 aliphatic rings. The van der Waals surface area contributed by atoms with Gasteiger partial charge in [0.1, 0.15) is 5.82 Å². The Morgan fingerprint density at radius 1 is 0.921 bits per heavy atom. The lowest BCUT2D eigenvalue weighted by atomic mass is 9.88. The Labute approximate surface area is 213 Å². The van der Waals surface area contributed by atoms with Crippen molar-refractivity contribution < 1.29 is 30.8 Å². The molecule has 4 atom stereocenters. The van der Waals surface area contributed by atoms with Crippen molar-refractivity contribution in [1.82, 2.24) is 25.0 Å². The van der Waals surface area contributed by atoms with E-state index < -0.39 is 29.4 Å². The van der Waals surface area contributed by atoms with Crippen molar-refractivity contribution in [2.24, 2.45) is 11.8 Å². The SMILES string of the molecule is Cc1nnc(N2C[C@H]3CC[C@@H](C2)C3Nc2nc3n(n2)CCCC3c2cc(C(F)(F)F)cc(C(F)(F)F)c2)o1. The molecule has 2 aliphatic heterocycles. The molecule has 6 rings (SSSR count). The molecule has 1 aromatic carbocycles. The number of anilines is 2. The Balaban J connectivity index is 1.25. The van der Waals surface area contributed by atoms with Gasteiger partial charge in [-0.3, -0.25) is 0 Å². The molecule has 2 aromatic heterocycles. The Morgan fingerprint density at radius 3 is 2.16 bits per heavy atom. The molecule has 2 unspecified atom stereocenters. The van der Waals surface area contributed by atoms with Crippen LogP contribution in [0.2, 0.25) is 0 Å². The number of alkyl halides is 6. The summed E-state index contributed by atoms with van der Waals surface area (Å²) in [5.41, 5.74) is -2.70. The van der Waals surface area contributed by atoms with Crippen molar-refractivity contribution in [3.8, 4) is 0 Å². The van der Waals surface area contributed by atoms with Crippen molar-refractivity contribution in [3.63, 3.8) is 0 Å². The first-order valence-electron chi connectivity index (χ1n) is 12.5. The van der Waals surface area contributed by atoms with Crippen molar-refractivity contribution in [2.75, 3.05) is 23.3 Å². The maximum absolute atomic E-state index is 13.5. The fourth-order valence-corrected chi connectivity index (χ4v) is 6.09. The molecule has 1 saturated heterocycles. The first kappa shape index (κ1) is 25.0. The number of rotatable bonds is 4. The molecule has 8 nitrogen and oxygen atoms in total. The van der Waals surface area contributed by atoms with E-state index in [2.05, 4.69) is 30.5 Å². The standard InChI is InChI=1S/C24H25F6N7O/c1-12-33-34-22(38-12)36-10-13-4-5-14(11-36)19(13)31-21-32-20-18(3-2-6-37(20)35-21)15-7-16(23(25,26)27)9-17(8-15)24(28,29)30/h7-9,13-14,18-19H,2-6,10-11H2,1H3,(H,31,35)/t13-,14+,18?,19?. The number of nitrogens with zero attached hydrogens (tertiary/aromatic N) is 6. The summed E-state index contributed by atoms with van der Waals surface area (Å²) in [6, 6.07) is 2.33. The molecule has 0 spiro atoms. The van der Waals surface area contributed by atoms with Crippen molar-refractivity contribution in [2.45, 2.75) is 63.5 Å². The second kappa shape index (κ2) is 8.87. The number of hydrogen-bond acceptors (Lipinski definition) is 7. The lowest BCUT2D eigenvalue weighted by Gasteiger charge is -2.37. The molecule has 2 fully saturated rings. The van der Waals surface area contributed by atoms with E-state index in [1.807, 2.05) is 0 Å². The van der Waals surface area contributed by atoms with Gasteiger partial charge >= 0.3 is 18.4 Å². The molecule has 14 heteroatoms. The van der Waals surface area contributed by atoms with Crippen LogP contribution >= 0.6 is 0 Å². The summed E-state index contributed by atoms with van der Waals surface area (Å²) in [6.45, 7) is 3.67. The lowest BCUT2D eigenvalue weighted by molar-refractivity contribution is -0.143. The molecule has 0 amide bonds. The molecule has 38 heavy (non-hydrogen) atoms. The normalized spacial score (nSPS) is 25.5. The third-order valence-electron chi connectivity index (χ3n) is 7.80. The predicted molar refractivity (Wildman–Crippen MR) is 122 cm³/mol. The third kappa shape index (κ3) is 4.57. The van der Waals surface area contributed by atoms with Gasteiger partial charge in [-0.05, 0) is 61.3 Å². The number of halogens is 6. The van der Waals surface area contributed by atoms with Crippen molar-refractivity contribution in [3.05, 3.63) is 46.6 Å². The molecule has 1 aliphatic carbocycles. The molecular formula is C24H25F6N7O. The van der Waals surface area contributed by atoms with Gasteiger partial charge in [-0.15, -0.1) is 10.2 Å². The highest BCUT2D eigenvalue weighted by molar-refractivity contribution is 5.40. The molecule has 204 valence electrons. The van der Waals surface area contributed by atoms with Crippen LogP contribution in [0.25, 0.3) is 0 Å². The second-order valence-corrected chi connectivity index (χ2v) is 10.3. The van der Waals surface area contributed by atoms with E-state index in [-0.39, 0.29) is 29.5 Å². The van der Waals surface area contributed by atoms with Gasteiger partial charge in [-0.25, -0.2) is 4.68 Å². The van der Waals surface area contributed by atoms with Crippen LogP contribution in [0.3, 0.4) is 0 Å². The monoisotopic (exact) mass is 541 g/mol. The topological polar surface area (TPSA) is 84.9 Å². The van der Waals surface area contributed by atoms with Crippen molar-refractivity contribution >= 4 is 12.0 Å². The molecule has 0 radical (unpaired) electrons. The number of fused-ring (bicyclic) bond motifs is 3. The Bertz CT molecular complexity index is 1290. The van der Waals surface area contributed by atoms with E-state index in [4.69, 9.17) is 4.42 Å². The molecule has 4 heterocycles. The van der Waals surface area contributed by atoms with E-state index in [0.29, 0.717) is 43.1 Å². The van der Waals surface area contributed by atoms with Crippen molar-refractivity contribution in [1.29, 1.82) is 0 Å². The summed E-state index contributed by atoms with van der Waals surface area (Å²) in [6.07, 6.45) is -6.88. The maximum Gasteiger partial charge on any atom is 0.416 e. The minimum absolute atomic E-state index is 0.0599. The first-order valence-corrected chi connectivity index (χ1v) is 12.5. The summed E-state index contributed by atoms with van der Waals surface area (Å²) < 4.78 is 87.9. The lowest BCUT2D eigenvalue weighted by Crippen LogP contribution is -2.48. The Kier molecular flexibility index (Phi) is 5.83. The van der Waals surface area contributed by atoms with Crippen LogP contribution in [0, 0.1) is 18.8 Å². The van der Waals surface area contributed by atoms with E-state index in [0.717, 1.165) is 38.1 Å². The summed E-state index contributed by atoms with van der Waals surface area (Å²) in [5, 5.41) is 16.0. The van der Waals surface area contributed by atoms with E-state index in [9.17, 15) is 26.3 Å². The highest BCUT2D eigenvalue weighted by Gasteiger charge is 2.44. The van der Waals surface area contributed by atoms with Gasteiger partial charge in [0.2, 0.25) is 11.8 Å². The average Bonchev–Trinajstić information content (AvgIpc) is 3.52. The Hall–Kier alpha value is -3.32. The quantitative estimate of drug-likeness (QED) is 0.451. The predicted octanol–water partition coefficient (Wildman–Crippen LogP) is 5.26. The molecule has 1 saturated carbocycles. The van der Waals surface area contributed by atoms with Gasteiger partial charge in [0, 0.05) is 38.5 Å². The zero-order valence-electron chi connectivity index (χ0n) is 20.4. The molecular weight excluding hydrogens is 516 g/mol. The van der Waals surface area contributed by atoms with Gasteiger partial charge in [-0.2, -0.15) is 31.3 Å². The summed E-state index contributed by atoms with van der Waals surface area (Å²) in [4.78, 5) is 6.66. The number of aromatic nitrogens is 5. The van der Waals surface area contributed by atoms with Gasteiger partial charge in [0.25, 0.3) is 0 Å². The molecule has 2 bridgehead atoms. The Morgan fingerprint density at radius 2 is 1.58 bits per heavy atom. The van der Waals surface area contributed by atoms with Crippen LogP contribution < -0.4 is 10.2 Å². The highest BCUT2D eigenvalue weighted by atomic mass is 19.4. The number of aryl methyl sites for hydroxylation is 2. The largest absolute Gasteiger partial charge is 0.416 e. The zero-order valence-corrected chi connectivity index (χ0v) is 20.4. The number of nitrogens with one attached hydrogen (secondary N) is 1. The maximum atomic E-state index is 13.5. The summed E-state index contributed by atoms with van der Waals surface area (Å²) >= 11 is 0. The van der Waals surface area contributed by atoms with Crippen LogP contribution in [-0.2, 0) is 18.9 Å². The number of piperidine rings is 1. The van der Waals surface area contributed by atoms with Gasteiger partial charge in [0.05, 0.1) is 11.1 Å². The van der Waals surface area contributed by atoms with Gasteiger partial charge < -0.3 is 14.6 Å². The highest BCUT2D eigenvalue weighted by Crippen LogP contribution is 2.42. The fraction of sp³-hybridized carbons (Fsp3) is 0.583. The van der Waals surface area contributed by atoms with Crippen LogP contribution in [-0.4, -0.2) is 44.1 Å². The fourth-order valence-electron chi connectivity index (χ4n) is 6.09. The zero-order chi connectivity index (χ0) is 26.8. The van der Waals surface area contributed by atoms with E-state index in [1.165, 1.54) is 0 Å². The van der Waals surface area contributed by atoms with E-state index in [1.54, 1.807) is 11.6 Å². The smallest absolute Gasteiger partial charge is 0.408 e. The molecule has 3 aromatic rings.